The van der Waals surface area contributed by atoms with Crippen LogP contribution in [0.15, 0.2) is 0 Å². The van der Waals surface area contributed by atoms with E-state index >= 15 is 0 Å². The number of carbonyl (C=O) groups excluding carboxylic acids is 2. The third-order valence-electron chi connectivity index (χ3n) is 1.20. The molecule has 1 aliphatic heterocycles. The first-order valence-electron chi connectivity index (χ1n) is 3.14. The average molecular weight is 159 g/mol. The molecule has 1 aliphatic rings. The van der Waals surface area contributed by atoms with Crippen LogP contribution in [-0.4, -0.2) is 23.8 Å². The van der Waals surface area contributed by atoms with Crippen LogP contribution in [0.3, 0.4) is 0 Å². The molecule has 0 atom stereocenters. The van der Waals surface area contributed by atoms with Gasteiger partial charge >= 0.3 is 11.9 Å². The highest BCUT2D eigenvalue weighted by molar-refractivity contribution is 6.00. The first kappa shape index (κ1) is 8.00. The van der Waals surface area contributed by atoms with E-state index in [1.54, 1.807) is 0 Å². The second-order valence-electron chi connectivity index (χ2n) is 2.72. The highest BCUT2D eigenvalue weighted by atomic mass is 16.7. The lowest BCUT2D eigenvalue weighted by Crippen LogP contribution is -2.53. The highest BCUT2D eigenvalue weighted by Crippen LogP contribution is 2.17. The van der Waals surface area contributed by atoms with Crippen molar-refractivity contribution in [3.8, 4) is 0 Å². The molecule has 0 aliphatic carbocycles. The third-order valence-corrected chi connectivity index (χ3v) is 1.20. The summed E-state index contributed by atoms with van der Waals surface area (Å²) in [4.78, 5) is 21.5. The van der Waals surface area contributed by atoms with Gasteiger partial charge in [-0.25, -0.2) is 9.59 Å². The van der Waals surface area contributed by atoms with E-state index in [0.717, 1.165) is 0 Å². The number of esters is 2. The fourth-order valence-corrected chi connectivity index (χ4v) is 0.729. The summed E-state index contributed by atoms with van der Waals surface area (Å²) in [6.45, 7) is 2.93. The molecule has 1 saturated heterocycles. The molecule has 1 heterocycles. The SMILES string of the molecule is CC1(C)OC(=O)C(N)C(=O)O1. The van der Waals surface area contributed by atoms with E-state index < -0.39 is 23.8 Å². The molecule has 1 fully saturated rings. The van der Waals surface area contributed by atoms with Gasteiger partial charge < -0.3 is 15.2 Å². The summed E-state index contributed by atoms with van der Waals surface area (Å²) in [6.07, 6.45) is 0. The average Bonchev–Trinajstić information content (AvgIpc) is 1.81. The van der Waals surface area contributed by atoms with E-state index in [0.29, 0.717) is 0 Å². The summed E-state index contributed by atoms with van der Waals surface area (Å²) >= 11 is 0. The van der Waals surface area contributed by atoms with Gasteiger partial charge in [-0.05, 0) is 0 Å². The van der Waals surface area contributed by atoms with Crippen molar-refractivity contribution in [2.24, 2.45) is 5.73 Å². The van der Waals surface area contributed by atoms with Gasteiger partial charge in [0.1, 0.15) is 0 Å². The van der Waals surface area contributed by atoms with Crippen molar-refractivity contribution < 1.29 is 19.1 Å². The third kappa shape index (κ3) is 1.48. The molecule has 11 heavy (non-hydrogen) atoms. The molecule has 0 radical (unpaired) electrons. The van der Waals surface area contributed by atoms with Crippen LogP contribution in [-0.2, 0) is 19.1 Å². The Labute approximate surface area is 63.4 Å². The van der Waals surface area contributed by atoms with Crippen molar-refractivity contribution in [2.75, 3.05) is 0 Å². The Morgan fingerprint density at radius 3 is 2.00 bits per heavy atom. The quantitative estimate of drug-likeness (QED) is 0.368. The lowest BCUT2D eigenvalue weighted by Gasteiger charge is -2.31. The lowest BCUT2D eigenvalue weighted by atomic mass is 10.2. The van der Waals surface area contributed by atoms with Crippen LogP contribution in [0, 0.1) is 0 Å². The lowest BCUT2D eigenvalue weighted by molar-refractivity contribution is -0.234. The van der Waals surface area contributed by atoms with Gasteiger partial charge in [-0.1, -0.05) is 0 Å². The standard InChI is InChI=1S/C6H9NO4/c1-6(2)10-4(8)3(7)5(9)11-6/h3H,7H2,1-2H3. The smallest absolute Gasteiger partial charge is 0.337 e. The summed E-state index contributed by atoms with van der Waals surface area (Å²) in [6, 6.07) is -1.29. The summed E-state index contributed by atoms with van der Waals surface area (Å²) in [7, 11) is 0. The van der Waals surface area contributed by atoms with Crippen molar-refractivity contribution in [2.45, 2.75) is 25.7 Å². The molecule has 0 saturated carbocycles. The number of rotatable bonds is 0. The van der Waals surface area contributed by atoms with Gasteiger partial charge in [0, 0.05) is 13.8 Å². The molecular weight excluding hydrogens is 150 g/mol. The second-order valence-corrected chi connectivity index (χ2v) is 2.72. The van der Waals surface area contributed by atoms with Gasteiger partial charge in [-0.3, -0.25) is 0 Å². The van der Waals surface area contributed by atoms with Gasteiger partial charge in [-0.15, -0.1) is 0 Å². The van der Waals surface area contributed by atoms with Crippen LogP contribution in [0.4, 0.5) is 0 Å². The van der Waals surface area contributed by atoms with E-state index in [1.807, 2.05) is 0 Å². The topological polar surface area (TPSA) is 78.6 Å². The molecule has 0 aromatic heterocycles. The molecule has 1 rings (SSSR count). The number of hydrogen-bond donors (Lipinski definition) is 1. The van der Waals surface area contributed by atoms with E-state index in [9.17, 15) is 9.59 Å². The molecule has 0 spiro atoms. The van der Waals surface area contributed by atoms with Gasteiger partial charge in [0.25, 0.3) is 5.79 Å². The van der Waals surface area contributed by atoms with Crippen molar-refractivity contribution in [3.63, 3.8) is 0 Å². The van der Waals surface area contributed by atoms with Crippen molar-refractivity contribution in [1.29, 1.82) is 0 Å². The molecule has 0 aromatic rings. The van der Waals surface area contributed by atoms with Crippen molar-refractivity contribution in [1.82, 2.24) is 0 Å². The highest BCUT2D eigenvalue weighted by Gasteiger charge is 2.40. The maximum atomic E-state index is 10.8. The van der Waals surface area contributed by atoms with Crippen LogP contribution < -0.4 is 5.73 Å². The maximum absolute atomic E-state index is 10.8. The normalized spacial score (nSPS) is 24.3. The maximum Gasteiger partial charge on any atom is 0.337 e. The van der Waals surface area contributed by atoms with Crippen LogP contribution in [0.5, 0.6) is 0 Å². The Hall–Kier alpha value is -1.10. The predicted molar refractivity (Wildman–Crippen MR) is 34.2 cm³/mol. The van der Waals surface area contributed by atoms with Crippen molar-refractivity contribution >= 4 is 11.9 Å². The van der Waals surface area contributed by atoms with Crippen molar-refractivity contribution in [3.05, 3.63) is 0 Å². The number of carbonyl (C=O) groups is 2. The van der Waals surface area contributed by atoms with Crippen LogP contribution in [0.2, 0.25) is 0 Å². The summed E-state index contributed by atoms with van der Waals surface area (Å²) in [5, 5.41) is 0. The van der Waals surface area contributed by atoms with E-state index in [4.69, 9.17) is 5.73 Å². The summed E-state index contributed by atoms with van der Waals surface area (Å²) in [5.74, 6) is -2.66. The monoisotopic (exact) mass is 159 g/mol. The fourth-order valence-electron chi connectivity index (χ4n) is 0.729. The Morgan fingerprint density at radius 2 is 1.64 bits per heavy atom. The Kier molecular flexibility index (Phi) is 1.60. The minimum absolute atomic E-state index is 0.744. The number of ether oxygens (including phenoxy) is 2. The Balaban J connectivity index is 2.78. The second kappa shape index (κ2) is 2.20. The zero-order valence-corrected chi connectivity index (χ0v) is 6.29. The Bertz CT molecular complexity index is 191. The van der Waals surface area contributed by atoms with Gasteiger partial charge in [0.05, 0.1) is 0 Å². The molecule has 0 aromatic carbocycles. The van der Waals surface area contributed by atoms with Gasteiger partial charge in [0.15, 0.2) is 0 Å². The minimum atomic E-state index is -1.29. The molecule has 5 heteroatoms. The van der Waals surface area contributed by atoms with E-state index in [1.165, 1.54) is 13.8 Å². The minimum Gasteiger partial charge on any atom is -0.422 e. The number of hydrogen-bond acceptors (Lipinski definition) is 5. The summed E-state index contributed by atoms with van der Waals surface area (Å²) < 4.78 is 9.30. The van der Waals surface area contributed by atoms with Gasteiger partial charge in [0.2, 0.25) is 6.04 Å². The van der Waals surface area contributed by atoms with Crippen LogP contribution in [0.25, 0.3) is 0 Å². The zero-order valence-electron chi connectivity index (χ0n) is 6.29. The molecule has 0 bridgehead atoms. The molecular formula is C6H9NO4. The summed E-state index contributed by atoms with van der Waals surface area (Å²) in [5.41, 5.74) is 5.09. The molecule has 62 valence electrons. The zero-order chi connectivity index (χ0) is 8.65. The largest absolute Gasteiger partial charge is 0.422 e. The van der Waals surface area contributed by atoms with E-state index in [2.05, 4.69) is 9.47 Å². The van der Waals surface area contributed by atoms with Crippen LogP contribution in [0.1, 0.15) is 13.8 Å². The predicted octanol–water partition coefficient (Wildman–Crippen LogP) is -0.850. The fraction of sp³-hybridized carbons (Fsp3) is 0.667. The molecule has 0 amide bonds. The number of nitrogens with two attached hydrogens (primary N) is 1. The molecule has 5 nitrogen and oxygen atoms in total. The van der Waals surface area contributed by atoms with E-state index in [-0.39, 0.29) is 0 Å². The van der Waals surface area contributed by atoms with Crippen LogP contribution >= 0.6 is 0 Å². The molecule has 2 N–H and O–H groups in total. The first-order valence-corrected chi connectivity index (χ1v) is 3.14. The molecule has 0 unspecified atom stereocenters. The Morgan fingerprint density at radius 1 is 1.27 bits per heavy atom. The number of cyclic esters (lactones) is 2. The first-order chi connectivity index (χ1) is 4.92. The van der Waals surface area contributed by atoms with Gasteiger partial charge in [-0.2, -0.15) is 0 Å².